The van der Waals surface area contributed by atoms with Crippen molar-refractivity contribution in [3.05, 3.63) is 17.5 Å². The SMILES string of the molecule is OCC1CN(c2cncc(Cl)n2)CC1O. The van der Waals surface area contributed by atoms with Gasteiger partial charge in [0.25, 0.3) is 0 Å². The first-order chi connectivity index (χ1) is 7.20. The second-order valence-electron chi connectivity index (χ2n) is 3.61. The fraction of sp³-hybridized carbons (Fsp3) is 0.556. The number of aromatic nitrogens is 2. The van der Waals surface area contributed by atoms with Crippen LogP contribution in [0.4, 0.5) is 5.82 Å². The number of halogens is 1. The standard InChI is InChI=1S/C9H12ClN3O2/c10-8-1-11-2-9(12-8)13-3-6(5-14)7(15)4-13/h1-2,6-7,14-15H,3-5H2. The number of aliphatic hydroxyl groups excluding tert-OH is 2. The van der Waals surface area contributed by atoms with Gasteiger partial charge < -0.3 is 15.1 Å². The first-order valence-electron chi connectivity index (χ1n) is 4.72. The van der Waals surface area contributed by atoms with Crippen LogP contribution in [0.1, 0.15) is 0 Å². The molecule has 2 N–H and O–H groups in total. The number of aliphatic hydroxyl groups is 2. The normalized spacial score (nSPS) is 25.9. The van der Waals surface area contributed by atoms with Crippen molar-refractivity contribution in [3.63, 3.8) is 0 Å². The second-order valence-corrected chi connectivity index (χ2v) is 4.00. The number of anilines is 1. The van der Waals surface area contributed by atoms with Gasteiger partial charge >= 0.3 is 0 Å². The first kappa shape index (κ1) is 10.6. The van der Waals surface area contributed by atoms with E-state index in [1.165, 1.54) is 6.20 Å². The van der Waals surface area contributed by atoms with Crippen molar-refractivity contribution < 1.29 is 10.2 Å². The molecule has 6 heteroatoms. The molecule has 1 aliphatic heterocycles. The molecule has 1 aromatic rings. The molecule has 0 aromatic carbocycles. The van der Waals surface area contributed by atoms with Crippen LogP contribution >= 0.6 is 11.6 Å². The van der Waals surface area contributed by atoms with E-state index in [1.807, 2.05) is 4.90 Å². The molecule has 0 bridgehead atoms. The second kappa shape index (κ2) is 4.30. The third kappa shape index (κ3) is 2.19. The Morgan fingerprint density at radius 1 is 1.47 bits per heavy atom. The highest BCUT2D eigenvalue weighted by atomic mass is 35.5. The van der Waals surface area contributed by atoms with E-state index in [-0.39, 0.29) is 12.5 Å². The van der Waals surface area contributed by atoms with Crippen LogP contribution in [0.5, 0.6) is 0 Å². The van der Waals surface area contributed by atoms with Gasteiger partial charge in [-0.15, -0.1) is 0 Å². The van der Waals surface area contributed by atoms with Gasteiger partial charge in [-0.2, -0.15) is 0 Å². The average Bonchev–Trinajstić information content (AvgIpc) is 2.60. The summed E-state index contributed by atoms with van der Waals surface area (Å²) in [5.74, 6) is 0.517. The fourth-order valence-electron chi connectivity index (χ4n) is 1.71. The molecule has 0 aliphatic carbocycles. The van der Waals surface area contributed by atoms with E-state index < -0.39 is 6.10 Å². The summed E-state index contributed by atoms with van der Waals surface area (Å²) in [4.78, 5) is 9.88. The highest BCUT2D eigenvalue weighted by Gasteiger charge is 2.31. The summed E-state index contributed by atoms with van der Waals surface area (Å²) in [5, 5.41) is 18.9. The summed E-state index contributed by atoms with van der Waals surface area (Å²) >= 11 is 5.72. The van der Waals surface area contributed by atoms with Crippen molar-refractivity contribution in [3.8, 4) is 0 Å². The maximum Gasteiger partial charge on any atom is 0.149 e. The van der Waals surface area contributed by atoms with Crippen molar-refractivity contribution in [2.24, 2.45) is 5.92 Å². The summed E-state index contributed by atoms with van der Waals surface area (Å²) in [6.07, 6.45) is 2.54. The van der Waals surface area contributed by atoms with Crippen molar-refractivity contribution in [1.82, 2.24) is 9.97 Å². The van der Waals surface area contributed by atoms with Gasteiger partial charge in [0, 0.05) is 19.0 Å². The molecule has 0 saturated carbocycles. The van der Waals surface area contributed by atoms with Crippen LogP contribution in [0.2, 0.25) is 5.15 Å². The largest absolute Gasteiger partial charge is 0.396 e. The molecule has 1 saturated heterocycles. The van der Waals surface area contributed by atoms with Gasteiger partial charge in [0.15, 0.2) is 0 Å². The van der Waals surface area contributed by atoms with Crippen molar-refractivity contribution in [2.75, 3.05) is 24.6 Å². The van der Waals surface area contributed by atoms with Gasteiger partial charge in [0.1, 0.15) is 11.0 Å². The predicted molar refractivity (Wildman–Crippen MR) is 55.8 cm³/mol. The molecule has 0 spiro atoms. The molecule has 1 aliphatic rings. The number of β-amino-alcohol motifs (C(OH)–C–C–N with tert-alkyl or cyclic N) is 1. The zero-order chi connectivity index (χ0) is 10.8. The molecule has 2 heterocycles. The van der Waals surface area contributed by atoms with Gasteiger partial charge in [-0.3, -0.25) is 4.98 Å². The van der Waals surface area contributed by atoms with Crippen molar-refractivity contribution in [2.45, 2.75) is 6.10 Å². The number of rotatable bonds is 2. The Labute approximate surface area is 92.3 Å². The van der Waals surface area contributed by atoms with E-state index in [1.54, 1.807) is 6.20 Å². The average molecular weight is 230 g/mol. The smallest absolute Gasteiger partial charge is 0.149 e. The van der Waals surface area contributed by atoms with Crippen molar-refractivity contribution >= 4 is 17.4 Å². The Bertz CT molecular complexity index is 350. The molecule has 15 heavy (non-hydrogen) atoms. The van der Waals surface area contributed by atoms with Gasteiger partial charge in [-0.05, 0) is 0 Å². The van der Waals surface area contributed by atoms with Gasteiger partial charge in [-0.1, -0.05) is 11.6 Å². The summed E-state index contributed by atoms with van der Waals surface area (Å²) < 4.78 is 0. The predicted octanol–water partition coefficient (Wildman–Crippen LogP) is -0.0806. The lowest BCUT2D eigenvalue weighted by Gasteiger charge is -2.15. The molecule has 2 unspecified atom stereocenters. The molecule has 82 valence electrons. The Morgan fingerprint density at radius 3 is 2.87 bits per heavy atom. The highest BCUT2D eigenvalue weighted by molar-refractivity contribution is 6.29. The number of nitrogens with zero attached hydrogens (tertiary/aromatic N) is 3. The van der Waals surface area contributed by atoms with Crippen LogP contribution in [-0.4, -0.2) is 46.0 Å². The van der Waals surface area contributed by atoms with E-state index >= 15 is 0 Å². The summed E-state index contributed by atoms with van der Waals surface area (Å²) in [7, 11) is 0. The molecular formula is C9H12ClN3O2. The zero-order valence-electron chi connectivity index (χ0n) is 8.04. The third-order valence-corrected chi connectivity index (χ3v) is 2.74. The van der Waals surface area contributed by atoms with E-state index in [0.717, 1.165) is 0 Å². The maximum atomic E-state index is 9.61. The lowest BCUT2D eigenvalue weighted by molar-refractivity contribution is 0.104. The molecule has 2 rings (SSSR count). The van der Waals surface area contributed by atoms with E-state index in [2.05, 4.69) is 9.97 Å². The summed E-state index contributed by atoms with van der Waals surface area (Å²) in [6, 6.07) is 0. The Kier molecular flexibility index (Phi) is 3.04. The molecular weight excluding hydrogens is 218 g/mol. The Balaban J connectivity index is 2.13. The number of hydrogen-bond acceptors (Lipinski definition) is 5. The summed E-state index contributed by atoms with van der Waals surface area (Å²) in [6.45, 7) is 1.01. The van der Waals surface area contributed by atoms with E-state index in [4.69, 9.17) is 16.7 Å². The molecule has 1 fully saturated rings. The van der Waals surface area contributed by atoms with Crippen LogP contribution in [0, 0.1) is 5.92 Å². The minimum Gasteiger partial charge on any atom is -0.396 e. The molecule has 0 amide bonds. The maximum absolute atomic E-state index is 9.61. The van der Waals surface area contributed by atoms with Crippen molar-refractivity contribution in [1.29, 1.82) is 0 Å². The number of hydrogen-bond donors (Lipinski definition) is 2. The summed E-state index contributed by atoms with van der Waals surface area (Å²) in [5.41, 5.74) is 0. The van der Waals surface area contributed by atoms with Crippen LogP contribution in [-0.2, 0) is 0 Å². The van der Waals surface area contributed by atoms with Crippen LogP contribution in [0.3, 0.4) is 0 Å². The highest BCUT2D eigenvalue weighted by Crippen LogP contribution is 2.22. The molecule has 1 aromatic heterocycles. The lowest BCUT2D eigenvalue weighted by atomic mass is 10.1. The fourth-order valence-corrected chi connectivity index (χ4v) is 1.85. The molecule has 0 radical (unpaired) electrons. The quantitative estimate of drug-likeness (QED) is 0.743. The van der Waals surface area contributed by atoms with E-state index in [9.17, 15) is 5.11 Å². The Morgan fingerprint density at radius 2 is 2.27 bits per heavy atom. The zero-order valence-corrected chi connectivity index (χ0v) is 8.80. The van der Waals surface area contributed by atoms with Crippen LogP contribution < -0.4 is 4.90 Å². The molecule has 5 nitrogen and oxygen atoms in total. The van der Waals surface area contributed by atoms with Crippen LogP contribution in [0.25, 0.3) is 0 Å². The monoisotopic (exact) mass is 229 g/mol. The topological polar surface area (TPSA) is 69.5 Å². The van der Waals surface area contributed by atoms with E-state index in [0.29, 0.717) is 24.1 Å². The van der Waals surface area contributed by atoms with Crippen LogP contribution in [0.15, 0.2) is 12.4 Å². The first-order valence-corrected chi connectivity index (χ1v) is 5.10. The van der Waals surface area contributed by atoms with Gasteiger partial charge in [-0.25, -0.2) is 4.98 Å². The minimum atomic E-state index is -0.518. The lowest BCUT2D eigenvalue weighted by Crippen LogP contribution is -2.22. The van der Waals surface area contributed by atoms with Gasteiger partial charge in [0.05, 0.1) is 25.1 Å². The third-order valence-electron chi connectivity index (χ3n) is 2.56. The van der Waals surface area contributed by atoms with Gasteiger partial charge in [0.2, 0.25) is 0 Å². The Hall–Kier alpha value is -0.910. The molecule has 2 atom stereocenters. The minimum absolute atomic E-state index is 0.0222.